The summed E-state index contributed by atoms with van der Waals surface area (Å²) in [6, 6.07) is 7.25. The molecule has 4 nitrogen and oxygen atoms in total. The van der Waals surface area contributed by atoms with E-state index in [2.05, 4.69) is 5.32 Å². The average molecular weight is 319 g/mol. The maximum Gasteiger partial charge on any atom is 0.243 e. The molecule has 0 radical (unpaired) electrons. The second-order valence-electron chi connectivity index (χ2n) is 5.08. The molecule has 1 atom stereocenters. The van der Waals surface area contributed by atoms with E-state index in [1.165, 1.54) is 0 Å². The number of hydrogen-bond acceptors (Lipinski definition) is 3. The smallest absolute Gasteiger partial charge is 0.243 e. The van der Waals surface area contributed by atoms with Crippen LogP contribution in [0.3, 0.4) is 0 Å². The van der Waals surface area contributed by atoms with E-state index in [0.29, 0.717) is 11.4 Å². The first-order chi connectivity index (χ1) is 9.05. The van der Waals surface area contributed by atoms with E-state index in [1.807, 2.05) is 19.9 Å². The quantitative estimate of drug-likeness (QED) is 0.905. The van der Waals surface area contributed by atoms with Crippen LogP contribution < -0.4 is 5.32 Å². The molecule has 0 aliphatic carbocycles. The lowest BCUT2D eigenvalue weighted by molar-refractivity contribution is 0.335. The standard InChI is InChI=1S/C14H22N2O2S.ClH/c1-3-9-16(13-7-8-15-11-13)19(17,18)14-6-4-5-12(2)10-14;/h4-6,10,13,15H,3,7-9,11H2,1-2H3;1H. The molecule has 20 heavy (non-hydrogen) atoms. The summed E-state index contributed by atoms with van der Waals surface area (Å²) in [7, 11) is -3.38. The highest BCUT2D eigenvalue weighted by Gasteiger charge is 2.32. The molecule has 1 fully saturated rings. The normalized spacial score (nSPS) is 19.1. The lowest BCUT2D eigenvalue weighted by Crippen LogP contribution is -2.42. The second-order valence-corrected chi connectivity index (χ2v) is 6.97. The van der Waals surface area contributed by atoms with Gasteiger partial charge in [-0.05, 0) is 44.0 Å². The third-order valence-corrected chi connectivity index (χ3v) is 5.43. The van der Waals surface area contributed by atoms with E-state index in [1.54, 1.807) is 22.5 Å². The van der Waals surface area contributed by atoms with Crippen LogP contribution in [0, 0.1) is 6.92 Å². The van der Waals surface area contributed by atoms with Crippen molar-refractivity contribution in [3.8, 4) is 0 Å². The zero-order chi connectivity index (χ0) is 13.9. The molecule has 0 saturated carbocycles. The monoisotopic (exact) mass is 318 g/mol. The van der Waals surface area contributed by atoms with E-state index in [0.717, 1.165) is 31.5 Å². The average Bonchev–Trinajstić information content (AvgIpc) is 2.89. The van der Waals surface area contributed by atoms with Gasteiger partial charge in [0.15, 0.2) is 0 Å². The third-order valence-electron chi connectivity index (χ3n) is 3.48. The summed E-state index contributed by atoms with van der Waals surface area (Å²) in [5, 5.41) is 3.24. The van der Waals surface area contributed by atoms with Crippen LogP contribution in [0.15, 0.2) is 29.2 Å². The van der Waals surface area contributed by atoms with E-state index < -0.39 is 10.0 Å². The van der Waals surface area contributed by atoms with Gasteiger partial charge in [-0.1, -0.05) is 19.1 Å². The van der Waals surface area contributed by atoms with Crippen molar-refractivity contribution in [2.24, 2.45) is 0 Å². The predicted octanol–water partition coefficient (Wildman–Crippen LogP) is 2.18. The Balaban J connectivity index is 0.00000200. The summed E-state index contributed by atoms with van der Waals surface area (Å²) in [5.74, 6) is 0. The fourth-order valence-electron chi connectivity index (χ4n) is 2.52. The molecule has 1 aliphatic heterocycles. The fourth-order valence-corrected chi connectivity index (χ4v) is 4.37. The van der Waals surface area contributed by atoms with Crippen LogP contribution in [-0.2, 0) is 10.0 Å². The first kappa shape index (κ1) is 17.4. The molecule has 1 aromatic carbocycles. The maximum atomic E-state index is 12.8. The molecule has 1 heterocycles. The van der Waals surface area contributed by atoms with Crippen LogP contribution >= 0.6 is 12.4 Å². The van der Waals surface area contributed by atoms with Crippen molar-refractivity contribution in [3.63, 3.8) is 0 Å². The molecular formula is C14H23ClN2O2S. The molecule has 0 bridgehead atoms. The van der Waals surface area contributed by atoms with Crippen LogP contribution in [0.4, 0.5) is 0 Å². The summed E-state index contributed by atoms with van der Waals surface area (Å²) < 4.78 is 27.2. The highest BCUT2D eigenvalue weighted by atomic mass is 35.5. The van der Waals surface area contributed by atoms with E-state index in [9.17, 15) is 8.42 Å². The molecule has 0 amide bonds. The molecule has 1 unspecified atom stereocenters. The van der Waals surface area contributed by atoms with Crippen molar-refractivity contribution >= 4 is 22.4 Å². The summed E-state index contributed by atoms with van der Waals surface area (Å²) in [6.45, 7) is 6.17. The highest BCUT2D eigenvalue weighted by Crippen LogP contribution is 2.22. The lowest BCUT2D eigenvalue weighted by atomic mass is 10.2. The van der Waals surface area contributed by atoms with Crippen molar-refractivity contribution in [2.45, 2.75) is 37.6 Å². The number of rotatable bonds is 5. The van der Waals surface area contributed by atoms with Gasteiger partial charge in [-0.15, -0.1) is 12.4 Å². The van der Waals surface area contributed by atoms with Crippen LogP contribution in [0.5, 0.6) is 0 Å². The zero-order valence-corrected chi connectivity index (χ0v) is 13.6. The zero-order valence-electron chi connectivity index (χ0n) is 12.0. The third kappa shape index (κ3) is 3.73. The van der Waals surface area contributed by atoms with Gasteiger partial charge in [0.25, 0.3) is 0 Å². The molecular weight excluding hydrogens is 296 g/mol. The highest BCUT2D eigenvalue weighted by molar-refractivity contribution is 7.89. The molecule has 6 heteroatoms. The Kier molecular flexibility index (Phi) is 6.45. The van der Waals surface area contributed by atoms with Crippen molar-refractivity contribution < 1.29 is 8.42 Å². The number of benzene rings is 1. The van der Waals surface area contributed by atoms with Crippen molar-refractivity contribution in [2.75, 3.05) is 19.6 Å². The van der Waals surface area contributed by atoms with Crippen LogP contribution in [0.25, 0.3) is 0 Å². The Labute approximate surface area is 128 Å². The SMILES string of the molecule is CCCN(C1CCNC1)S(=O)(=O)c1cccc(C)c1.Cl. The van der Waals surface area contributed by atoms with Crippen molar-refractivity contribution in [1.29, 1.82) is 0 Å². The van der Waals surface area contributed by atoms with Gasteiger partial charge < -0.3 is 5.32 Å². The molecule has 2 rings (SSSR count). The largest absolute Gasteiger partial charge is 0.315 e. The molecule has 1 N–H and O–H groups in total. The van der Waals surface area contributed by atoms with Gasteiger partial charge in [-0.2, -0.15) is 4.31 Å². The number of sulfonamides is 1. The molecule has 1 aliphatic rings. The van der Waals surface area contributed by atoms with Gasteiger partial charge in [0.1, 0.15) is 0 Å². The summed E-state index contributed by atoms with van der Waals surface area (Å²) in [4.78, 5) is 0.410. The molecule has 0 spiro atoms. The number of halogens is 1. The predicted molar refractivity (Wildman–Crippen MR) is 83.9 cm³/mol. The molecule has 114 valence electrons. The Hall–Kier alpha value is -0.620. The van der Waals surface area contributed by atoms with Crippen molar-refractivity contribution in [3.05, 3.63) is 29.8 Å². The first-order valence-corrected chi connectivity index (χ1v) is 8.29. The number of nitrogens with one attached hydrogen (secondary N) is 1. The minimum Gasteiger partial charge on any atom is -0.315 e. The van der Waals surface area contributed by atoms with Gasteiger partial charge in [-0.25, -0.2) is 8.42 Å². The first-order valence-electron chi connectivity index (χ1n) is 6.85. The van der Waals surface area contributed by atoms with Gasteiger partial charge in [0.05, 0.1) is 4.90 Å². The van der Waals surface area contributed by atoms with Gasteiger partial charge in [0, 0.05) is 19.1 Å². The van der Waals surface area contributed by atoms with Gasteiger partial charge in [0.2, 0.25) is 10.0 Å². The number of aryl methyl sites for hydroxylation is 1. The fraction of sp³-hybridized carbons (Fsp3) is 0.571. The van der Waals surface area contributed by atoms with E-state index in [-0.39, 0.29) is 18.4 Å². The summed E-state index contributed by atoms with van der Waals surface area (Å²) in [5.41, 5.74) is 0.974. The molecule has 1 saturated heterocycles. The van der Waals surface area contributed by atoms with E-state index >= 15 is 0 Å². The lowest BCUT2D eigenvalue weighted by Gasteiger charge is -2.27. The topological polar surface area (TPSA) is 49.4 Å². The Morgan fingerprint density at radius 3 is 2.70 bits per heavy atom. The maximum absolute atomic E-state index is 12.8. The summed E-state index contributed by atoms with van der Waals surface area (Å²) in [6.07, 6.45) is 1.73. The minimum atomic E-state index is -3.38. The second kappa shape index (κ2) is 7.41. The van der Waals surface area contributed by atoms with Crippen molar-refractivity contribution in [1.82, 2.24) is 9.62 Å². The number of hydrogen-bond donors (Lipinski definition) is 1. The Morgan fingerprint density at radius 2 is 2.15 bits per heavy atom. The van der Waals surface area contributed by atoms with Crippen LogP contribution in [0.2, 0.25) is 0 Å². The van der Waals surface area contributed by atoms with E-state index in [4.69, 9.17) is 0 Å². The molecule has 0 aromatic heterocycles. The van der Waals surface area contributed by atoms with Crippen LogP contribution in [-0.4, -0.2) is 38.4 Å². The van der Waals surface area contributed by atoms with Crippen LogP contribution in [0.1, 0.15) is 25.3 Å². The van der Waals surface area contributed by atoms with Gasteiger partial charge in [-0.3, -0.25) is 0 Å². The summed E-state index contributed by atoms with van der Waals surface area (Å²) >= 11 is 0. The number of nitrogens with zero attached hydrogens (tertiary/aromatic N) is 1. The Bertz CT molecular complexity index is 528. The minimum absolute atomic E-state index is 0. The molecule has 1 aromatic rings. The van der Waals surface area contributed by atoms with Gasteiger partial charge >= 0.3 is 0 Å². The Morgan fingerprint density at radius 1 is 1.40 bits per heavy atom.